The van der Waals surface area contributed by atoms with Crippen molar-refractivity contribution in [1.82, 2.24) is 4.98 Å². The van der Waals surface area contributed by atoms with Gasteiger partial charge in [0.05, 0.1) is 0 Å². The lowest BCUT2D eigenvalue weighted by Gasteiger charge is -2.24. The van der Waals surface area contributed by atoms with Crippen molar-refractivity contribution < 1.29 is 8.42 Å². The highest BCUT2D eigenvalue weighted by atomic mass is 32.2. The molecule has 0 aromatic carbocycles. The second kappa shape index (κ2) is 5.67. The van der Waals surface area contributed by atoms with Crippen LogP contribution in [0.3, 0.4) is 0 Å². The quantitative estimate of drug-likeness (QED) is 0.814. The number of nitrogens with two attached hydrogens (primary N) is 1. The first-order chi connectivity index (χ1) is 8.26. The third-order valence-corrected chi connectivity index (χ3v) is 3.85. The van der Waals surface area contributed by atoms with Crippen LogP contribution in [0.5, 0.6) is 0 Å². The monoisotopic (exact) mass is 271 g/mol. The number of sulfone groups is 1. The number of nitrogens with one attached hydrogen (secondary N) is 1. The summed E-state index contributed by atoms with van der Waals surface area (Å²) in [5.41, 5.74) is 5.54. The lowest BCUT2D eigenvalue weighted by molar-refractivity contribution is 0.364. The Morgan fingerprint density at radius 2 is 2.11 bits per heavy atom. The second-order valence-electron chi connectivity index (χ2n) is 5.18. The lowest BCUT2D eigenvalue weighted by Crippen LogP contribution is -2.26. The number of hydrogen-bond donors (Lipinski definition) is 2. The molecule has 0 amide bonds. The maximum atomic E-state index is 11.6. The largest absolute Gasteiger partial charge is 0.368 e. The number of rotatable bonds is 6. The van der Waals surface area contributed by atoms with Gasteiger partial charge in [0.25, 0.3) is 0 Å². The summed E-state index contributed by atoms with van der Waals surface area (Å²) < 4.78 is 23.2. The molecule has 18 heavy (non-hydrogen) atoms. The van der Waals surface area contributed by atoms with Crippen molar-refractivity contribution in [3.05, 3.63) is 18.3 Å². The van der Waals surface area contributed by atoms with Gasteiger partial charge in [0.15, 0.2) is 9.84 Å². The van der Waals surface area contributed by atoms with Gasteiger partial charge in [-0.05, 0) is 30.5 Å². The average Bonchev–Trinajstić information content (AvgIpc) is 2.26. The molecule has 0 bridgehead atoms. The molecule has 1 aromatic heterocycles. The van der Waals surface area contributed by atoms with Crippen LogP contribution in [0.15, 0.2) is 23.2 Å². The molecule has 0 spiro atoms. The van der Waals surface area contributed by atoms with Gasteiger partial charge in [-0.1, -0.05) is 13.8 Å². The summed E-state index contributed by atoms with van der Waals surface area (Å²) in [4.78, 5) is 4.32. The Morgan fingerprint density at radius 1 is 1.44 bits per heavy atom. The van der Waals surface area contributed by atoms with Crippen LogP contribution in [0.1, 0.15) is 20.3 Å². The van der Waals surface area contributed by atoms with Crippen molar-refractivity contribution in [3.63, 3.8) is 0 Å². The summed E-state index contributed by atoms with van der Waals surface area (Å²) in [5, 5.41) is 3.10. The normalized spacial score (nSPS) is 12.4. The minimum Gasteiger partial charge on any atom is -0.368 e. The van der Waals surface area contributed by atoms with E-state index >= 15 is 0 Å². The van der Waals surface area contributed by atoms with Crippen molar-refractivity contribution >= 4 is 15.7 Å². The van der Waals surface area contributed by atoms with Gasteiger partial charge in [-0.3, -0.25) is 0 Å². The summed E-state index contributed by atoms with van der Waals surface area (Å²) >= 11 is 0. The van der Waals surface area contributed by atoms with Crippen LogP contribution in [0.25, 0.3) is 0 Å². The van der Waals surface area contributed by atoms with Crippen molar-refractivity contribution in [1.29, 1.82) is 0 Å². The van der Waals surface area contributed by atoms with Crippen LogP contribution in [0, 0.1) is 5.41 Å². The molecule has 0 fully saturated rings. The highest BCUT2D eigenvalue weighted by Gasteiger charge is 2.19. The molecule has 0 atom stereocenters. The topological polar surface area (TPSA) is 85.1 Å². The molecule has 0 radical (unpaired) electrons. The number of anilines is 1. The third kappa shape index (κ3) is 4.27. The number of hydrogen-bond acceptors (Lipinski definition) is 5. The molecular weight excluding hydrogens is 250 g/mol. The van der Waals surface area contributed by atoms with Crippen LogP contribution in [-0.2, 0) is 9.84 Å². The van der Waals surface area contributed by atoms with E-state index in [9.17, 15) is 8.42 Å². The minimum absolute atomic E-state index is 0.00104. The standard InChI is InChI=1S/C12H21N3O2S/c1-12(2,6-7-13)9-15-11-10(18(3,16)17)5-4-8-14-11/h4-5,8H,6-7,9,13H2,1-3H3,(H,14,15). The maximum Gasteiger partial charge on any atom is 0.179 e. The Bertz CT molecular complexity index is 498. The average molecular weight is 271 g/mol. The molecule has 0 unspecified atom stereocenters. The maximum absolute atomic E-state index is 11.6. The Labute approximate surface area is 109 Å². The lowest BCUT2D eigenvalue weighted by atomic mass is 9.89. The molecule has 5 nitrogen and oxygen atoms in total. The van der Waals surface area contributed by atoms with E-state index in [1.54, 1.807) is 18.3 Å². The van der Waals surface area contributed by atoms with Gasteiger partial charge in [-0.15, -0.1) is 0 Å². The van der Waals surface area contributed by atoms with Gasteiger partial charge >= 0.3 is 0 Å². The van der Waals surface area contributed by atoms with Crippen LogP contribution in [0.2, 0.25) is 0 Å². The first kappa shape index (κ1) is 14.9. The molecule has 1 rings (SSSR count). The molecule has 0 saturated heterocycles. The molecule has 1 aromatic rings. The Balaban J connectivity index is 2.86. The van der Waals surface area contributed by atoms with Gasteiger partial charge in [-0.25, -0.2) is 13.4 Å². The Kier molecular flexibility index (Phi) is 4.70. The van der Waals surface area contributed by atoms with Gasteiger partial charge in [0, 0.05) is 19.0 Å². The second-order valence-corrected chi connectivity index (χ2v) is 7.16. The van der Waals surface area contributed by atoms with E-state index in [-0.39, 0.29) is 10.3 Å². The van der Waals surface area contributed by atoms with Gasteiger partial charge < -0.3 is 11.1 Å². The highest BCUT2D eigenvalue weighted by molar-refractivity contribution is 7.90. The first-order valence-electron chi connectivity index (χ1n) is 5.85. The number of aromatic nitrogens is 1. The molecule has 0 aliphatic rings. The summed E-state index contributed by atoms with van der Waals surface area (Å²) in [6.45, 7) is 5.39. The smallest absolute Gasteiger partial charge is 0.179 e. The number of pyridine rings is 1. The van der Waals surface area contributed by atoms with Crippen molar-refractivity contribution in [2.24, 2.45) is 11.1 Å². The van der Waals surface area contributed by atoms with Crippen molar-refractivity contribution in [2.45, 2.75) is 25.2 Å². The highest BCUT2D eigenvalue weighted by Crippen LogP contribution is 2.23. The molecule has 0 aliphatic heterocycles. The Morgan fingerprint density at radius 3 is 2.67 bits per heavy atom. The van der Waals surface area contributed by atoms with Crippen molar-refractivity contribution in [2.75, 3.05) is 24.7 Å². The molecular formula is C12H21N3O2S. The van der Waals surface area contributed by atoms with E-state index in [0.29, 0.717) is 18.9 Å². The zero-order valence-electron chi connectivity index (χ0n) is 11.1. The summed E-state index contributed by atoms with van der Waals surface area (Å²) in [6.07, 6.45) is 3.62. The number of nitrogens with zero attached hydrogens (tertiary/aromatic N) is 1. The predicted molar refractivity (Wildman–Crippen MR) is 73.3 cm³/mol. The van der Waals surface area contributed by atoms with Crippen LogP contribution in [0.4, 0.5) is 5.82 Å². The van der Waals surface area contributed by atoms with Crippen LogP contribution >= 0.6 is 0 Å². The van der Waals surface area contributed by atoms with E-state index in [1.165, 1.54) is 6.26 Å². The first-order valence-corrected chi connectivity index (χ1v) is 7.74. The molecule has 102 valence electrons. The molecule has 3 N–H and O–H groups in total. The zero-order chi connectivity index (χ0) is 13.8. The van der Waals surface area contributed by atoms with Gasteiger partial charge in [0.1, 0.15) is 10.7 Å². The molecule has 0 aliphatic carbocycles. The van der Waals surface area contributed by atoms with Gasteiger partial charge in [-0.2, -0.15) is 0 Å². The van der Waals surface area contributed by atoms with Gasteiger partial charge in [0.2, 0.25) is 0 Å². The SMILES string of the molecule is CC(C)(CCN)CNc1ncccc1S(C)(=O)=O. The predicted octanol–water partition coefficient (Wildman–Crippen LogP) is 1.27. The van der Waals surface area contributed by atoms with E-state index in [2.05, 4.69) is 24.1 Å². The molecule has 6 heteroatoms. The van der Waals surface area contributed by atoms with E-state index in [1.807, 2.05) is 0 Å². The molecule has 1 heterocycles. The zero-order valence-corrected chi connectivity index (χ0v) is 11.9. The summed E-state index contributed by atoms with van der Waals surface area (Å²) in [6, 6.07) is 3.17. The fraction of sp³-hybridized carbons (Fsp3) is 0.583. The van der Waals surface area contributed by atoms with E-state index in [4.69, 9.17) is 5.73 Å². The van der Waals surface area contributed by atoms with Crippen LogP contribution < -0.4 is 11.1 Å². The fourth-order valence-corrected chi connectivity index (χ4v) is 2.43. The summed E-state index contributed by atoms with van der Waals surface area (Å²) in [7, 11) is -3.26. The van der Waals surface area contributed by atoms with Crippen molar-refractivity contribution in [3.8, 4) is 0 Å². The summed E-state index contributed by atoms with van der Waals surface area (Å²) in [5.74, 6) is 0.407. The Hall–Kier alpha value is -1.14. The van der Waals surface area contributed by atoms with E-state index in [0.717, 1.165) is 6.42 Å². The van der Waals surface area contributed by atoms with Crippen LogP contribution in [-0.4, -0.2) is 32.7 Å². The third-order valence-electron chi connectivity index (χ3n) is 2.73. The molecule has 0 saturated carbocycles. The fourth-order valence-electron chi connectivity index (χ4n) is 1.62. The minimum atomic E-state index is -3.26. The van der Waals surface area contributed by atoms with E-state index < -0.39 is 9.84 Å².